The molecule has 0 bridgehead atoms. The quantitative estimate of drug-likeness (QED) is 0.367. The van der Waals surface area contributed by atoms with Crippen LogP contribution < -0.4 is 0 Å². The van der Waals surface area contributed by atoms with Crippen molar-refractivity contribution in [3.05, 3.63) is 0 Å². The SMILES string of the molecule is CCCC(CCCCCCC(C)C)OC(=O)C1CCC(C(=O)O)CC1. The predicted molar refractivity (Wildman–Crippen MR) is 100 cm³/mol. The lowest BCUT2D eigenvalue weighted by molar-refractivity contribution is -0.158. The average Bonchev–Trinajstić information content (AvgIpc) is 2.57. The number of hydrogen-bond donors (Lipinski definition) is 1. The highest BCUT2D eigenvalue weighted by atomic mass is 16.5. The summed E-state index contributed by atoms with van der Waals surface area (Å²) in [5.74, 6) is -0.414. The van der Waals surface area contributed by atoms with Gasteiger partial charge in [0.2, 0.25) is 0 Å². The molecule has 146 valence electrons. The molecule has 1 atom stereocenters. The van der Waals surface area contributed by atoms with E-state index in [-0.39, 0.29) is 23.9 Å². The Balaban J connectivity index is 2.26. The predicted octanol–water partition coefficient (Wildman–Crippen LogP) is 5.59. The van der Waals surface area contributed by atoms with Gasteiger partial charge in [-0.05, 0) is 50.9 Å². The number of esters is 1. The number of ether oxygens (including phenoxy) is 1. The summed E-state index contributed by atoms with van der Waals surface area (Å²) < 4.78 is 5.78. The standard InChI is InChI=1S/C21H38O4/c1-4-9-19(11-8-6-5-7-10-16(2)3)25-21(24)18-14-12-17(13-15-18)20(22)23/h16-19H,4-15H2,1-3H3,(H,22,23). The molecule has 0 spiro atoms. The molecule has 0 aromatic carbocycles. The van der Waals surface area contributed by atoms with Gasteiger partial charge in [-0.15, -0.1) is 0 Å². The molecule has 0 radical (unpaired) electrons. The molecule has 1 aliphatic carbocycles. The van der Waals surface area contributed by atoms with Crippen LogP contribution in [0.5, 0.6) is 0 Å². The maximum absolute atomic E-state index is 12.4. The van der Waals surface area contributed by atoms with Crippen LogP contribution in [0.3, 0.4) is 0 Å². The lowest BCUT2D eigenvalue weighted by Crippen LogP contribution is -2.29. The van der Waals surface area contributed by atoms with Crippen LogP contribution in [0.1, 0.15) is 97.8 Å². The normalized spacial score (nSPS) is 21.9. The Labute approximate surface area is 153 Å². The number of carboxylic acid groups (broad SMARTS) is 1. The van der Waals surface area contributed by atoms with Crippen LogP contribution in [0.4, 0.5) is 0 Å². The molecule has 25 heavy (non-hydrogen) atoms. The van der Waals surface area contributed by atoms with E-state index < -0.39 is 5.97 Å². The molecule has 4 nitrogen and oxygen atoms in total. The Morgan fingerprint density at radius 1 is 0.920 bits per heavy atom. The number of unbranched alkanes of at least 4 members (excludes halogenated alkanes) is 3. The molecule has 0 aliphatic heterocycles. The van der Waals surface area contributed by atoms with Crippen molar-refractivity contribution < 1.29 is 19.4 Å². The van der Waals surface area contributed by atoms with Crippen LogP contribution in [0.15, 0.2) is 0 Å². The zero-order chi connectivity index (χ0) is 18.7. The first-order chi connectivity index (χ1) is 11.9. The smallest absolute Gasteiger partial charge is 0.309 e. The third-order valence-corrected chi connectivity index (χ3v) is 5.36. The van der Waals surface area contributed by atoms with Gasteiger partial charge in [-0.2, -0.15) is 0 Å². The molecule has 1 saturated carbocycles. The summed E-state index contributed by atoms with van der Waals surface area (Å²) >= 11 is 0. The Bertz CT molecular complexity index is 383. The maximum Gasteiger partial charge on any atom is 0.309 e. The molecule has 0 amide bonds. The fraction of sp³-hybridized carbons (Fsp3) is 0.905. The van der Waals surface area contributed by atoms with Gasteiger partial charge in [0, 0.05) is 0 Å². The van der Waals surface area contributed by atoms with Crippen LogP contribution in [0.2, 0.25) is 0 Å². The minimum absolute atomic E-state index is 0.0415. The fourth-order valence-corrected chi connectivity index (χ4v) is 3.70. The molecule has 1 rings (SSSR count). The van der Waals surface area contributed by atoms with Gasteiger partial charge in [-0.3, -0.25) is 9.59 Å². The number of carbonyl (C=O) groups is 2. The first-order valence-corrected chi connectivity index (χ1v) is 10.4. The van der Waals surface area contributed by atoms with Crippen molar-refractivity contribution in [1.29, 1.82) is 0 Å². The number of carboxylic acids is 1. The molecule has 1 fully saturated rings. The first kappa shape index (κ1) is 22.0. The Morgan fingerprint density at radius 3 is 2.00 bits per heavy atom. The largest absolute Gasteiger partial charge is 0.481 e. The summed E-state index contributed by atoms with van der Waals surface area (Å²) in [5.41, 5.74) is 0. The van der Waals surface area contributed by atoms with Crippen molar-refractivity contribution in [2.45, 2.75) is 104 Å². The summed E-state index contributed by atoms with van der Waals surface area (Å²) in [6.07, 6.45) is 11.7. The monoisotopic (exact) mass is 354 g/mol. The summed E-state index contributed by atoms with van der Waals surface area (Å²) in [5, 5.41) is 9.05. The van der Waals surface area contributed by atoms with Crippen molar-refractivity contribution in [3.63, 3.8) is 0 Å². The van der Waals surface area contributed by atoms with Gasteiger partial charge >= 0.3 is 11.9 Å². The molecule has 0 saturated heterocycles. The number of hydrogen-bond acceptors (Lipinski definition) is 3. The molecular formula is C21H38O4. The minimum Gasteiger partial charge on any atom is -0.481 e. The first-order valence-electron chi connectivity index (χ1n) is 10.4. The molecular weight excluding hydrogens is 316 g/mol. The van der Waals surface area contributed by atoms with E-state index in [4.69, 9.17) is 9.84 Å². The van der Waals surface area contributed by atoms with Crippen LogP contribution in [0, 0.1) is 17.8 Å². The van der Waals surface area contributed by atoms with E-state index in [1.165, 1.54) is 25.7 Å². The van der Waals surface area contributed by atoms with Gasteiger partial charge in [-0.1, -0.05) is 52.9 Å². The Morgan fingerprint density at radius 2 is 1.48 bits per heavy atom. The van der Waals surface area contributed by atoms with Crippen molar-refractivity contribution in [2.75, 3.05) is 0 Å². The zero-order valence-electron chi connectivity index (χ0n) is 16.5. The van der Waals surface area contributed by atoms with Crippen LogP contribution in [-0.4, -0.2) is 23.1 Å². The Kier molecular flexibility index (Phi) is 10.8. The maximum atomic E-state index is 12.4. The highest BCUT2D eigenvalue weighted by Crippen LogP contribution is 2.30. The highest BCUT2D eigenvalue weighted by Gasteiger charge is 2.31. The second kappa shape index (κ2) is 12.3. The average molecular weight is 355 g/mol. The van der Waals surface area contributed by atoms with E-state index in [0.29, 0.717) is 25.7 Å². The zero-order valence-corrected chi connectivity index (χ0v) is 16.5. The summed E-state index contributed by atoms with van der Waals surface area (Å²) in [4.78, 5) is 23.4. The second-order valence-corrected chi connectivity index (χ2v) is 8.12. The summed E-state index contributed by atoms with van der Waals surface area (Å²) in [6, 6.07) is 0. The molecule has 1 unspecified atom stereocenters. The minimum atomic E-state index is -0.729. The van der Waals surface area contributed by atoms with Crippen molar-refractivity contribution in [2.24, 2.45) is 17.8 Å². The number of carbonyl (C=O) groups excluding carboxylic acids is 1. The molecule has 4 heteroatoms. The lowest BCUT2D eigenvalue weighted by atomic mass is 9.82. The van der Waals surface area contributed by atoms with Gasteiger partial charge in [0.1, 0.15) is 6.10 Å². The van der Waals surface area contributed by atoms with Crippen LogP contribution in [0.25, 0.3) is 0 Å². The fourth-order valence-electron chi connectivity index (χ4n) is 3.70. The second-order valence-electron chi connectivity index (χ2n) is 8.12. The van der Waals surface area contributed by atoms with E-state index in [1.807, 2.05) is 0 Å². The molecule has 1 aliphatic rings. The van der Waals surface area contributed by atoms with Gasteiger partial charge in [0.05, 0.1) is 11.8 Å². The highest BCUT2D eigenvalue weighted by molar-refractivity contribution is 5.74. The lowest BCUT2D eigenvalue weighted by Gasteiger charge is -2.26. The van der Waals surface area contributed by atoms with Gasteiger partial charge < -0.3 is 9.84 Å². The molecule has 0 aromatic rings. The number of rotatable bonds is 12. The summed E-state index contributed by atoms with van der Waals surface area (Å²) in [7, 11) is 0. The van der Waals surface area contributed by atoms with Gasteiger partial charge in [-0.25, -0.2) is 0 Å². The molecule has 0 aromatic heterocycles. The van der Waals surface area contributed by atoms with E-state index in [0.717, 1.165) is 31.6 Å². The van der Waals surface area contributed by atoms with Crippen molar-refractivity contribution in [1.82, 2.24) is 0 Å². The molecule has 1 N–H and O–H groups in total. The molecule has 0 heterocycles. The van der Waals surface area contributed by atoms with E-state index >= 15 is 0 Å². The van der Waals surface area contributed by atoms with Crippen LogP contribution >= 0.6 is 0 Å². The summed E-state index contributed by atoms with van der Waals surface area (Å²) in [6.45, 7) is 6.66. The third-order valence-electron chi connectivity index (χ3n) is 5.36. The van der Waals surface area contributed by atoms with Crippen LogP contribution in [-0.2, 0) is 14.3 Å². The van der Waals surface area contributed by atoms with Gasteiger partial charge in [0.25, 0.3) is 0 Å². The van der Waals surface area contributed by atoms with E-state index in [1.54, 1.807) is 0 Å². The Hall–Kier alpha value is -1.06. The van der Waals surface area contributed by atoms with E-state index in [2.05, 4.69) is 20.8 Å². The van der Waals surface area contributed by atoms with Gasteiger partial charge in [0.15, 0.2) is 0 Å². The van der Waals surface area contributed by atoms with Crippen molar-refractivity contribution >= 4 is 11.9 Å². The topological polar surface area (TPSA) is 63.6 Å². The third kappa shape index (κ3) is 9.27. The number of aliphatic carboxylic acids is 1. The van der Waals surface area contributed by atoms with Crippen molar-refractivity contribution in [3.8, 4) is 0 Å². The van der Waals surface area contributed by atoms with E-state index in [9.17, 15) is 9.59 Å².